The van der Waals surface area contributed by atoms with Gasteiger partial charge in [-0.15, -0.1) is 0 Å². The van der Waals surface area contributed by atoms with Crippen LogP contribution >= 0.6 is 0 Å². The molecule has 0 saturated carbocycles. The summed E-state index contributed by atoms with van der Waals surface area (Å²) < 4.78 is 11.0. The molecule has 0 amide bonds. The molecule has 0 aliphatic carbocycles. The minimum atomic E-state index is -2.37. The molecule has 0 N–H and O–H groups in total. The number of carbonyl (C=O) groups is 2. The molecule has 0 radical (unpaired) electrons. The predicted octanol–water partition coefficient (Wildman–Crippen LogP) is 5.67. The molecular formula is C28H42O4Si. The van der Waals surface area contributed by atoms with Crippen LogP contribution in [0.5, 0.6) is 0 Å². The van der Waals surface area contributed by atoms with Crippen molar-refractivity contribution in [2.75, 3.05) is 13.7 Å². The second-order valence-electron chi connectivity index (χ2n) is 9.28. The largest absolute Gasteiger partial charge is 0.469 e. The van der Waals surface area contributed by atoms with Gasteiger partial charge in [-0.3, -0.25) is 4.79 Å². The smallest absolute Gasteiger partial charge is 0.302 e. The molecule has 0 aliphatic rings. The second-order valence-corrected chi connectivity index (χ2v) is 13.6. The highest BCUT2D eigenvalue weighted by atomic mass is 28.4. The quantitative estimate of drug-likeness (QED) is 0.173. The fraction of sp³-hybridized carbons (Fsp3) is 0.500. The van der Waals surface area contributed by atoms with Crippen molar-refractivity contribution in [2.45, 2.75) is 77.7 Å². The van der Waals surface area contributed by atoms with E-state index >= 15 is 0 Å². The lowest BCUT2D eigenvalue weighted by Crippen LogP contribution is -2.66. The third-order valence-corrected chi connectivity index (χ3v) is 10.8. The first-order chi connectivity index (χ1) is 15.8. The summed E-state index contributed by atoms with van der Waals surface area (Å²) in [7, 11) is -1.02. The Morgan fingerprint density at radius 3 is 1.64 bits per heavy atom. The van der Waals surface area contributed by atoms with Gasteiger partial charge in [-0.2, -0.15) is 0 Å². The molecule has 0 atom stereocenters. The molecule has 0 bridgehead atoms. The Balaban J connectivity index is 0.000000981. The van der Waals surface area contributed by atoms with E-state index in [1.807, 2.05) is 0 Å². The van der Waals surface area contributed by atoms with E-state index in [1.54, 1.807) is 0 Å². The van der Waals surface area contributed by atoms with Crippen LogP contribution < -0.4 is 10.4 Å². The van der Waals surface area contributed by atoms with E-state index in [-0.39, 0.29) is 11.0 Å². The zero-order chi connectivity index (χ0) is 24.6. The van der Waals surface area contributed by atoms with Crippen LogP contribution in [0.3, 0.4) is 0 Å². The van der Waals surface area contributed by atoms with Gasteiger partial charge in [-0.25, -0.2) is 0 Å². The summed E-state index contributed by atoms with van der Waals surface area (Å²) in [6.45, 7) is 9.15. The average Bonchev–Trinajstić information content (AvgIpc) is 2.81. The van der Waals surface area contributed by atoms with Crippen molar-refractivity contribution in [3.63, 3.8) is 0 Å². The third-order valence-electron chi connectivity index (χ3n) is 5.74. The molecule has 0 aliphatic heterocycles. The van der Waals surface area contributed by atoms with Crippen LogP contribution in [0.25, 0.3) is 0 Å². The predicted molar refractivity (Wildman–Crippen MR) is 140 cm³/mol. The van der Waals surface area contributed by atoms with E-state index in [0.29, 0.717) is 6.42 Å². The number of rotatable bonds is 12. The first-order valence-electron chi connectivity index (χ1n) is 12.0. The Morgan fingerprint density at radius 2 is 1.24 bits per heavy atom. The van der Waals surface area contributed by atoms with E-state index in [2.05, 4.69) is 86.2 Å². The molecule has 2 aromatic rings. The van der Waals surface area contributed by atoms with Crippen LogP contribution in [0, 0.1) is 0 Å². The van der Waals surface area contributed by atoms with E-state index in [1.165, 1.54) is 43.7 Å². The van der Waals surface area contributed by atoms with Crippen molar-refractivity contribution in [2.24, 2.45) is 0 Å². The van der Waals surface area contributed by atoms with Gasteiger partial charge in [-0.1, -0.05) is 107 Å². The van der Waals surface area contributed by atoms with Crippen LogP contribution in [0.2, 0.25) is 5.04 Å². The summed E-state index contributed by atoms with van der Waals surface area (Å²) in [5.41, 5.74) is 0. The number of esters is 1. The fourth-order valence-electron chi connectivity index (χ4n) is 4.02. The summed E-state index contributed by atoms with van der Waals surface area (Å²) >= 11 is 0. The second kappa shape index (κ2) is 15.6. The highest BCUT2D eigenvalue weighted by molar-refractivity contribution is 6.99. The van der Waals surface area contributed by atoms with Crippen molar-refractivity contribution in [3.05, 3.63) is 60.7 Å². The lowest BCUT2D eigenvalue weighted by Gasteiger charge is -2.43. The minimum absolute atomic E-state index is 0.0462. The van der Waals surface area contributed by atoms with Gasteiger partial charge in [0.1, 0.15) is 6.29 Å². The van der Waals surface area contributed by atoms with Crippen LogP contribution in [0.15, 0.2) is 60.7 Å². The van der Waals surface area contributed by atoms with Gasteiger partial charge in [0.05, 0.1) is 7.11 Å². The lowest BCUT2D eigenvalue weighted by molar-refractivity contribution is -0.137. The molecule has 0 unspecified atom stereocenters. The first kappa shape index (κ1) is 28.8. The summed E-state index contributed by atoms with van der Waals surface area (Å²) in [5, 5.41) is 2.75. The lowest BCUT2D eigenvalue weighted by atomic mass is 10.1. The van der Waals surface area contributed by atoms with Gasteiger partial charge in [0.2, 0.25) is 0 Å². The summed E-state index contributed by atoms with van der Waals surface area (Å²) in [4.78, 5) is 20.0. The highest BCUT2D eigenvalue weighted by Gasteiger charge is 2.49. The van der Waals surface area contributed by atoms with Crippen LogP contribution in [0.1, 0.15) is 72.6 Å². The van der Waals surface area contributed by atoms with Crippen molar-refractivity contribution < 1.29 is 18.8 Å². The van der Waals surface area contributed by atoms with Crippen molar-refractivity contribution in [3.8, 4) is 0 Å². The fourth-order valence-corrected chi connectivity index (χ4v) is 8.63. The van der Waals surface area contributed by atoms with Crippen molar-refractivity contribution >= 4 is 30.9 Å². The molecule has 0 saturated heterocycles. The van der Waals surface area contributed by atoms with Crippen LogP contribution in [-0.2, 0) is 18.8 Å². The molecule has 0 fully saturated rings. The molecule has 182 valence electrons. The number of carbonyl (C=O) groups excluding carboxylic acids is 2. The van der Waals surface area contributed by atoms with Crippen molar-refractivity contribution in [1.82, 2.24) is 0 Å². The minimum Gasteiger partial charge on any atom is -0.469 e. The summed E-state index contributed by atoms with van der Waals surface area (Å²) in [6, 6.07) is 21.7. The Labute approximate surface area is 201 Å². The highest BCUT2D eigenvalue weighted by Crippen LogP contribution is 2.36. The van der Waals surface area contributed by atoms with Gasteiger partial charge in [-0.05, 0) is 28.3 Å². The normalized spacial score (nSPS) is 11.3. The third kappa shape index (κ3) is 9.64. The number of benzene rings is 2. The maximum atomic E-state index is 10.4. The monoisotopic (exact) mass is 470 g/mol. The molecule has 33 heavy (non-hydrogen) atoms. The SMILES string of the molecule is CC(C)(C)[Si](OCCCCCCCCC=O)(c1ccccc1)c1ccccc1.COC(C)=O. The molecular weight excluding hydrogens is 428 g/mol. The van der Waals surface area contributed by atoms with Gasteiger partial charge >= 0.3 is 5.97 Å². The standard InChI is InChI=1S/C25H36O2Si.C3H6O2/c1-25(2,3)28(23-17-11-9-12-18-23,24-19-13-10-14-20-24)27-22-16-8-6-4-5-7-15-21-26;1-3(4)5-2/h9-14,17-21H,4-8,15-16,22H2,1-3H3;1-2H3. The number of hydrogen-bond acceptors (Lipinski definition) is 4. The van der Waals surface area contributed by atoms with Gasteiger partial charge in [0.25, 0.3) is 8.32 Å². The number of methoxy groups -OCH3 is 1. The van der Waals surface area contributed by atoms with Gasteiger partial charge in [0, 0.05) is 20.0 Å². The van der Waals surface area contributed by atoms with Gasteiger partial charge in [0.15, 0.2) is 0 Å². The van der Waals surface area contributed by atoms with E-state index in [0.717, 1.165) is 32.2 Å². The van der Waals surface area contributed by atoms with E-state index < -0.39 is 8.32 Å². The zero-order valence-electron chi connectivity index (χ0n) is 21.1. The maximum Gasteiger partial charge on any atom is 0.302 e. The van der Waals surface area contributed by atoms with E-state index in [9.17, 15) is 9.59 Å². The topological polar surface area (TPSA) is 52.6 Å². The molecule has 0 heterocycles. The summed E-state index contributed by atoms with van der Waals surface area (Å²) in [5.74, 6) is -0.245. The van der Waals surface area contributed by atoms with E-state index in [4.69, 9.17) is 4.43 Å². The Bertz CT molecular complexity index is 745. The zero-order valence-corrected chi connectivity index (χ0v) is 22.1. The number of aldehydes is 1. The maximum absolute atomic E-state index is 10.4. The molecule has 2 aromatic carbocycles. The molecule has 5 heteroatoms. The Hall–Kier alpha value is -2.24. The number of unbranched alkanes of at least 4 members (excludes halogenated alkanes) is 6. The summed E-state index contributed by atoms with van der Waals surface area (Å²) in [6.07, 6.45) is 8.65. The van der Waals surface area contributed by atoms with Crippen LogP contribution in [-0.4, -0.2) is 34.3 Å². The first-order valence-corrected chi connectivity index (χ1v) is 13.9. The Kier molecular flexibility index (Phi) is 13.6. The Morgan fingerprint density at radius 1 is 0.818 bits per heavy atom. The average molecular weight is 471 g/mol. The van der Waals surface area contributed by atoms with Crippen LogP contribution in [0.4, 0.5) is 0 Å². The van der Waals surface area contributed by atoms with Gasteiger partial charge < -0.3 is 14.0 Å². The molecule has 0 aromatic heterocycles. The molecule has 2 rings (SSSR count). The number of hydrogen-bond donors (Lipinski definition) is 0. The molecule has 4 nitrogen and oxygen atoms in total. The number of ether oxygens (including phenoxy) is 1. The van der Waals surface area contributed by atoms with Crippen molar-refractivity contribution in [1.29, 1.82) is 0 Å². The molecule has 0 spiro atoms.